The summed E-state index contributed by atoms with van der Waals surface area (Å²) < 4.78 is 0. The first-order chi connectivity index (χ1) is 12.2. The summed E-state index contributed by atoms with van der Waals surface area (Å²) in [6.45, 7) is 0. The molecule has 0 spiro atoms. The molecule has 2 aromatic heterocycles. The minimum Gasteiger partial charge on any atom is -0.478 e. The number of aromatic nitrogens is 2. The van der Waals surface area contributed by atoms with Crippen molar-refractivity contribution in [1.29, 1.82) is 0 Å². The zero-order valence-corrected chi connectivity index (χ0v) is 13.5. The third-order valence-corrected chi connectivity index (χ3v) is 5.11. The summed E-state index contributed by atoms with van der Waals surface area (Å²) in [6, 6.07) is 15.7. The number of benzene rings is 2. The van der Waals surface area contributed by atoms with Gasteiger partial charge in [0.05, 0.1) is 22.5 Å². The smallest absolute Gasteiger partial charge is 0.336 e. The molecule has 5 rings (SSSR count). The van der Waals surface area contributed by atoms with Crippen molar-refractivity contribution in [2.24, 2.45) is 0 Å². The molecule has 0 saturated heterocycles. The second-order valence-corrected chi connectivity index (χ2v) is 6.51. The monoisotopic (exact) mass is 328 g/mol. The average molecular weight is 328 g/mol. The van der Waals surface area contributed by atoms with E-state index in [1.54, 1.807) is 0 Å². The largest absolute Gasteiger partial charge is 0.478 e. The van der Waals surface area contributed by atoms with Gasteiger partial charge in [0.15, 0.2) is 0 Å². The van der Waals surface area contributed by atoms with Crippen LogP contribution < -0.4 is 0 Å². The number of aromatic amines is 1. The van der Waals surface area contributed by atoms with Crippen LogP contribution in [0.3, 0.4) is 0 Å². The van der Waals surface area contributed by atoms with Gasteiger partial charge in [-0.15, -0.1) is 0 Å². The number of pyridine rings is 1. The summed E-state index contributed by atoms with van der Waals surface area (Å²) in [5.41, 5.74) is 6.05. The molecule has 1 aliphatic rings. The van der Waals surface area contributed by atoms with Crippen LogP contribution in [0.25, 0.3) is 33.2 Å². The summed E-state index contributed by atoms with van der Waals surface area (Å²) in [5.74, 6) is -0.880. The Morgan fingerprint density at radius 3 is 2.52 bits per heavy atom. The van der Waals surface area contributed by atoms with E-state index in [1.807, 2.05) is 36.4 Å². The first-order valence-corrected chi connectivity index (χ1v) is 8.49. The molecule has 2 heterocycles. The molecule has 0 fully saturated rings. The number of aromatic carboxylic acids is 1. The van der Waals surface area contributed by atoms with Crippen LogP contribution in [0.15, 0.2) is 48.5 Å². The number of carboxylic acid groups (broad SMARTS) is 1. The maximum atomic E-state index is 12.0. The lowest BCUT2D eigenvalue weighted by molar-refractivity contribution is 0.0698. The van der Waals surface area contributed by atoms with Crippen LogP contribution in [0.5, 0.6) is 0 Å². The Morgan fingerprint density at radius 2 is 1.68 bits per heavy atom. The number of nitrogens with zero attached hydrogens (tertiary/aromatic N) is 1. The highest BCUT2D eigenvalue weighted by atomic mass is 16.4. The molecule has 2 N–H and O–H groups in total. The quantitative estimate of drug-likeness (QED) is 0.538. The van der Waals surface area contributed by atoms with Gasteiger partial charge in [0, 0.05) is 16.3 Å². The Labute approximate surface area is 144 Å². The van der Waals surface area contributed by atoms with Crippen LogP contribution in [0.4, 0.5) is 0 Å². The molecule has 2 aromatic carbocycles. The van der Waals surface area contributed by atoms with Gasteiger partial charge in [-0.05, 0) is 42.5 Å². The van der Waals surface area contributed by atoms with Gasteiger partial charge in [-0.1, -0.05) is 36.4 Å². The normalized spacial score (nSPS) is 13.4. The van der Waals surface area contributed by atoms with E-state index >= 15 is 0 Å². The third kappa shape index (κ3) is 2.00. The predicted octanol–water partition coefficient (Wildman–Crippen LogP) is 4.57. The lowest BCUT2D eigenvalue weighted by Crippen LogP contribution is -2.07. The fourth-order valence-electron chi connectivity index (χ4n) is 4.05. The fraction of sp³-hybridized carbons (Fsp3) is 0.143. The highest BCUT2D eigenvalue weighted by molar-refractivity contribution is 6.06. The second kappa shape index (κ2) is 5.18. The number of fused-ring (bicyclic) bond motifs is 6. The van der Waals surface area contributed by atoms with Crippen LogP contribution in [0.1, 0.15) is 27.9 Å². The minimum absolute atomic E-state index is 0.395. The van der Waals surface area contributed by atoms with E-state index < -0.39 is 5.97 Å². The predicted molar refractivity (Wildman–Crippen MR) is 98.0 cm³/mol. The number of H-pyrrole nitrogens is 1. The highest BCUT2D eigenvalue weighted by Crippen LogP contribution is 2.38. The zero-order chi connectivity index (χ0) is 17.0. The van der Waals surface area contributed by atoms with E-state index in [4.69, 9.17) is 4.98 Å². The van der Waals surface area contributed by atoms with Gasteiger partial charge < -0.3 is 10.1 Å². The number of carboxylic acids is 1. The molecule has 122 valence electrons. The molecule has 1 aliphatic carbocycles. The van der Waals surface area contributed by atoms with Crippen LogP contribution in [-0.2, 0) is 12.8 Å². The second-order valence-electron chi connectivity index (χ2n) is 6.51. The Bertz CT molecular complexity index is 1160. The van der Waals surface area contributed by atoms with E-state index in [9.17, 15) is 9.90 Å². The van der Waals surface area contributed by atoms with Crippen molar-refractivity contribution < 1.29 is 9.90 Å². The van der Waals surface area contributed by atoms with E-state index in [0.29, 0.717) is 10.9 Å². The standard InChI is InChI=1S/C21H16N2O2/c24-21(25)18-14-7-2-4-11-17(14)23-20-15(18)9-5-8-13-12-6-1-3-10-16(12)22-19(13)20/h1-4,6-7,10-11,22H,5,8-9H2,(H,24,25). The van der Waals surface area contributed by atoms with Gasteiger partial charge >= 0.3 is 5.97 Å². The summed E-state index contributed by atoms with van der Waals surface area (Å²) in [7, 11) is 0. The molecule has 4 heteroatoms. The van der Waals surface area contributed by atoms with Gasteiger partial charge in [-0.2, -0.15) is 0 Å². The number of hydrogen-bond acceptors (Lipinski definition) is 2. The molecular formula is C21H16N2O2. The first kappa shape index (κ1) is 14.2. The summed E-state index contributed by atoms with van der Waals surface area (Å²) >= 11 is 0. The number of hydrogen-bond donors (Lipinski definition) is 2. The maximum absolute atomic E-state index is 12.0. The van der Waals surface area contributed by atoms with E-state index in [-0.39, 0.29) is 0 Å². The molecule has 0 aliphatic heterocycles. The third-order valence-electron chi connectivity index (χ3n) is 5.11. The van der Waals surface area contributed by atoms with Crippen LogP contribution in [0, 0.1) is 0 Å². The van der Waals surface area contributed by atoms with Crippen molar-refractivity contribution in [1.82, 2.24) is 9.97 Å². The van der Waals surface area contributed by atoms with E-state index in [1.165, 1.54) is 10.9 Å². The van der Waals surface area contributed by atoms with Crippen molar-refractivity contribution in [2.45, 2.75) is 19.3 Å². The molecular weight excluding hydrogens is 312 g/mol. The first-order valence-electron chi connectivity index (χ1n) is 8.49. The molecule has 0 bridgehead atoms. The zero-order valence-electron chi connectivity index (χ0n) is 13.5. The molecule has 4 aromatic rings. The van der Waals surface area contributed by atoms with Gasteiger partial charge in [-0.25, -0.2) is 9.78 Å². The average Bonchev–Trinajstić information content (AvgIpc) is 2.90. The van der Waals surface area contributed by atoms with Crippen LogP contribution in [-0.4, -0.2) is 21.0 Å². The van der Waals surface area contributed by atoms with Gasteiger partial charge in [0.2, 0.25) is 0 Å². The highest BCUT2D eigenvalue weighted by Gasteiger charge is 2.26. The maximum Gasteiger partial charge on any atom is 0.336 e. The number of para-hydroxylation sites is 2. The number of carbonyl (C=O) groups is 1. The number of rotatable bonds is 1. The van der Waals surface area contributed by atoms with Gasteiger partial charge in [-0.3, -0.25) is 0 Å². The topological polar surface area (TPSA) is 66.0 Å². The molecule has 0 unspecified atom stereocenters. The van der Waals surface area contributed by atoms with Crippen LogP contribution >= 0.6 is 0 Å². The minimum atomic E-state index is -0.880. The van der Waals surface area contributed by atoms with E-state index in [0.717, 1.165) is 47.2 Å². The molecule has 0 saturated carbocycles. The van der Waals surface area contributed by atoms with Gasteiger partial charge in [0.25, 0.3) is 0 Å². The SMILES string of the molecule is O=C(O)c1c2c(nc3ccccc13)-c1[nH]c3ccccc3c1CCC2. The van der Waals surface area contributed by atoms with Crippen molar-refractivity contribution in [3.05, 3.63) is 65.2 Å². The Hall–Kier alpha value is -3.14. The Morgan fingerprint density at radius 1 is 0.960 bits per heavy atom. The molecule has 0 radical (unpaired) electrons. The summed E-state index contributed by atoms with van der Waals surface area (Å²) in [4.78, 5) is 20.4. The van der Waals surface area contributed by atoms with Crippen molar-refractivity contribution >= 4 is 27.8 Å². The van der Waals surface area contributed by atoms with Crippen molar-refractivity contribution in [3.8, 4) is 11.4 Å². The fourth-order valence-corrected chi connectivity index (χ4v) is 4.05. The molecule has 0 amide bonds. The Kier molecular flexibility index (Phi) is 2.95. The number of aryl methyl sites for hydroxylation is 1. The number of nitrogens with one attached hydrogen (secondary N) is 1. The Balaban J connectivity index is 1.93. The van der Waals surface area contributed by atoms with E-state index in [2.05, 4.69) is 17.1 Å². The molecule has 0 atom stereocenters. The summed E-state index contributed by atoms with van der Waals surface area (Å²) in [6.07, 6.45) is 2.57. The molecule has 25 heavy (non-hydrogen) atoms. The van der Waals surface area contributed by atoms with Crippen LogP contribution in [0.2, 0.25) is 0 Å². The lowest BCUT2D eigenvalue weighted by atomic mass is 9.97. The summed E-state index contributed by atoms with van der Waals surface area (Å²) in [5, 5.41) is 11.8. The lowest BCUT2D eigenvalue weighted by Gasteiger charge is -2.12. The van der Waals surface area contributed by atoms with Crippen molar-refractivity contribution in [2.75, 3.05) is 0 Å². The molecule has 4 nitrogen and oxygen atoms in total. The van der Waals surface area contributed by atoms with Gasteiger partial charge in [0.1, 0.15) is 0 Å². The van der Waals surface area contributed by atoms with Crippen molar-refractivity contribution in [3.63, 3.8) is 0 Å².